The fourth-order valence-corrected chi connectivity index (χ4v) is 6.52. The maximum atomic E-state index is 14.7. The van der Waals surface area contributed by atoms with Crippen LogP contribution >= 0.6 is 23.2 Å². The number of aliphatic carboxylic acids is 1. The second kappa shape index (κ2) is 15.1. The van der Waals surface area contributed by atoms with E-state index in [4.69, 9.17) is 27.9 Å². The van der Waals surface area contributed by atoms with Gasteiger partial charge in [0.25, 0.3) is 5.91 Å². The van der Waals surface area contributed by atoms with Crippen molar-refractivity contribution in [3.63, 3.8) is 0 Å². The van der Waals surface area contributed by atoms with Gasteiger partial charge in [0.05, 0.1) is 24.2 Å². The number of amides is 2. The zero-order valence-corrected chi connectivity index (χ0v) is 27.0. The average molecular weight is 664 g/mol. The predicted molar refractivity (Wildman–Crippen MR) is 174 cm³/mol. The zero-order chi connectivity index (χ0) is 32.8. The Morgan fingerprint density at radius 3 is 2.07 bits per heavy atom. The molecular formula is C35H36Cl2N4O5. The molecule has 5 rings (SSSR count). The number of nitriles is 1. The second-order valence-electron chi connectivity index (χ2n) is 11.7. The summed E-state index contributed by atoms with van der Waals surface area (Å²) in [5.74, 6) is -1.38. The summed E-state index contributed by atoms with van der Waals surface area (Å²) >= 11 is 12.5. The molecule has 0 radical (unpaired) electrons. The minimum Gasteiger partial charge on any atom is -0.480 e. The molecule has 3 aromatic rings. The summed E-state index contributed by atoms with van der Waals surface area (Å²) in [5, 5.41) is 19.6. The normalized spacial score (nSPS) is 21.1. The summed E-state index contributed by atoms with van der Waals surface area (Å²) in [6.07, 6.45) is -0.213. The van der Waals surface area contributed by atoms with E-state index < -0.39 is 30.3 Å². The van der Waals surface area contributed by atoms with Gasteiger partial charge in [-0.05, 0) is 59.5 Å². The minimum absolute atomic E-state index is 0.0825. The van der Waals surface area contributed by atoms with Gasteiger partial charge in [-0.25, -0.2) is 0 Å². The van der Waals surface area contributed by atoms with Gasteiger partial charge >= 0.3 is 5.97 Å². The highest BCUT2D eigenvalue weighted by molar-refractivity contribution is 6.30. The van der Waals surface area contributed by atoms with Crippen molar-refractivity contribution < 1.29 is 24.2 Å². The van der Waals surface area contributed by atoms with Crippen LogP contribution < -0.4 is 0 Å². The average Bonchev–Trinajstić information content (AvgIpc) is 3.05. The Kier molecular flexibility index (Phi) is 11.0. The fraction of sp³-hybridized carbons (Fsp3) is 0.371. The molecule has 2 saturated heterocycles. The molecule has 11 heteroatoms. The molecule has 9 nitrogen and oxygen atoms in total. The molecule has 2 fully saturated rings. The summed E-state index contributed by atoms with van der Waals surface area (Å²) < 4.78 is 6.70. The van der Waals surface area contributed by atoms with Crippen molar-refractivity contribution in [2.45, 2.75) is 50.5 Å². The Morgan fingerprint density at radius 1 is 0.935 bits per heavy atom. The number of rotatable bonds is 10. The smallest absolute Gasteiger partial charge is 0.317 e. The third-order valence-corrected chi connectivity index (χ3v) is 9.07. The molecule has 0 bridgehead atoms. The standard InChI is InChI=1S/C35H36Cl2N4O5/c1-2-3-29(34(44)40-18-16-39(17-19-40)22-31(42)43)41-32(25-8-12-27(36)13-9-25)33(26-10-14-28(37)15-11-26)46-30(35(41)45)20-23-4-6-24(21-38)7-5-23/h4-15,29-30,32-33H,2-3,16-20,22H2,1H3,(H,42,43)/t29-,30+,32-,33+/m1/s1. The summed E-state index contributed by atoms with van der Waals surface area (Å²) in [6.45, 7) is 3.50. The number of hydrogen-bond acceptors (Lipinski definition) is 6. The van der Waals surface area contributed by atoms with Crippen molar-refractivity contribution in [3.05, 3.63) is 105 Å². The van der Waals surface area contributed by atoms with Crippen molar-refractivity contribution in [2.75, 3.05) is 32.7 Å². The molecule has 2 aliphatic heterocycles. The largest absolute Gasteiger partial charge is 0.480 e. The SMILES string of the molecule is CCC[C@H](C(=O)N1CCN(CC(=O)O)CC1)N1C(=O)[C@H](Cc2ccc(C#N)cc2)O[C@@H](c2ccc(Cl)cc2)[C@H]1c1ccc(Cl)cc1. The lowest BCUT2D eigenvalue weighted by molar-refractivity contribution is -0.183. The predicted octanol–water partition coefficient (Wildman–Crippen LogP) is 5.52. The van der Waals surface area contributed by atoms with E-state index in [1.807, 2.05) is 48.2 Å². The maximum absolute atomic E-state index is 14.7. The number of carbonyl (C=O) groups excluding carboxylic acids is 2. The van der Waals surface area contributed by atoms with E-state index in [0.29, 0.717) is 54.6 Å². The molecule has 2 heterocycles. The Hall–Kier alpha value is -3.94. The van der Waals surface area contributed by atoms with Crippen molar-refractivity contribution in [1.82, 2.24) is 14.7 Å². The lowest BCUT2D eigenvalue weighted by Gasteiger charge is -2.49. The number of carboxylic acids is 1. The molecular weight excluding hydrogens is 627 g/mol. The fourth-order valence-electron chi connectivity index (χ4n) is 6.26. The van der Waals surface area contributed by atoms with Gasteiger partial charge in [-0.2, -0.15) is 5.26 Å². The Labute approximate surface area is 278 Å². The zero-order valence-electron chi connectivity index (χ0n) is 25.5. The highest BCUT2D eigenvalue weighted by atomic mass is 35.5. The quantitative estimate of drug-likeness (QED) is 0.304. The monoisotopic (exact) mass is 662 g/mol. The Bertz CT molecular complexity index is 1570. The molecule has 0 unspecified atom stereocenters. The van der Waals surface area contributed by atoms with E-state index in [2.05, 4.69) is 6.07 Å². The molecule has 2 aliphatic rings. The molecule has 1 N–H and O–H groups in total. The highest BCUT2D eigenvalue weighted by Crippen LogP contribution is 2.45. The number of ether oxygens (including phenoxy) is 1. The number of morpholine rings is 1. The van der Waals surface area contributed by atoms with E-state index in [0.717, 1.165) is 16.7 Å². The minimum atomic E-state index is -0.907. The van der Waals surface area contributed by atoms with Gasteiger partial charge in [0, 0.05) is 42.6 Å². The van der Waals surface area contributed by atoms with Crippen molar-refractivity contribution in [3.8, 4) is 6.07 Å². The van der Waals surface area contributed by atoms with E-state index in [-0.39, 0.29) is 24.8 Å². The van der Waals surface area contributed by atoms with Gasteiger partial charge in [-0.1, -0.05) is 72.9 Å². The second-order valence-corrected chi connectivity index (χ2v) is 12.5. The first kappa shape index (κ1) is 33.4. The number of carboxylic acid groups (broad SMARTS) is 1. The van der Waals surface area contributed by atoms with Crippen LogP contribution in [0.15, 0.2) is 72.8 Å². The number of benzene rings is 3. The molecule has 3 aromatic carbocycles. The lowest BCUT2D eigenvalue weighted by atomic mass is 9.88. The summed E-state index contributed by atoms with van der Waals surface area (Å²) in [6, 6.07) is 22.3. The van der Waals surface area contributed by atoms with Gasteiger partial charge in [-0.3, -0.25) is 19.3 Å². The Morgan fingerprint density at radius 2 is 1.52 bits per heavy atom. The molecule has 0 aliphatic carbocycles. The first-order valence-electron chi connectivity index (χ1n) is 15.4. The third-order valence-electron chi connectivity index (χ3n) is 8.57. The lowest BCUT2D eigenvalue weighted by Crippen LogP contribution is -2.61. The first-order chi connectivity index (χ1) is 22.2. The summed E-state index contributed by atoms with van der Waals surface area (Å²) in [4.78, 5) is 45.6. The number of hydrogen-bond donors (Lipinski definition) is 1. The third kappa shape index (κ3) is 7.71. The van der Waals surface area contributed by atoms with Gasteiger partial charge in [-0.15, -0.1) is 0 Å². The molecule has 0 aromatic heterocycles. The number of nitrogens with zero attached hydrogens (tertiary/aromatic N) is 4. The van der Waals surface area contributed by atoms with Crippen LogP contribution in [-0.4, -0.2) is 82.5 Å². The molecule has 0 spiro atoms. The van der Waals surface area contributed by atoms with Gasteiger partial charge in [0.1, 0.15) is 18.2 Å². The van der Waals surface area contributed by atoms with Gasteiger partial charge < -0.3 is 19.6 Å². The Balaban J connectivity index is 1.57. The van der Waals surface area contributed by atoms with E-state index >= 15 is 0 Å². The van der Waals surface area contributed by atoms with Crippen molar-refractivity contribution in [1.29, 1.82) is 5.26 Å². The highest BCUT2D eigenvalue weighted by Gasteiger charge is 2.49. The number of halogens is 2. The summed E-state index contributed by atoms with van der Waals surface area (Å²) in [7, 11) is 0. The van der Waals surface area contributed by atoms with Crippen LogP contribution in [0, 0.1) is 11.3 Å². The molecule has 0 saturated carbocycles. The number of piperazine rings is 1. The van der Waals surface area contributed by atoms with Crippen LogP contribution in [0.3, 0.4) is 0 Å². The first-order valence-corrected chi connectivity index (χ1v) is 16.1. The van der Waals surface area contributed by atoms with Crippen LogP contribution in [0.5, 0.6) is 0 Å². The van der Waals surface area contributed by atoms with E-state index in [1.54, 1.807) is 46.2 Å². The molecule has 46 heavy (non-hydrogen) atoms. The van der Waals surface area contributed by atoms with Crippen LogP contribution in [0.4, 0.5) is 0 Å². The topological polar surface area (TPSA) is 114 Å². The van der Waals surface area contributed by atoms with Crippen LogP contribution in [0.2, 0.25) is 10.0 Å². The maximum Gasteiger partial charge on any atom is 0.317 e. The van der Waals surface area contributed by atoms with E-state index in [1.165, 1.54) is 0 Å². The van der Waals surface area contributed by atoms with Crippen LogP contribution in [-0.2, 0) is 25.5 Å². The molecule has 240 valence electrons. The van der Waals surface area contributed by atoms with Crippen LogP contribution in [0.25, 0.3) is 0 Å². The molecule has 2 amide bonds. The van der Waals surface area contributed by atoms with Gasteiger partial charge in [0.2, 0.25) is 5.91 Å². The molecule has 4 atom stereocenters. The van der Waals surface area contributed by atoms with Gasteiger partial charge in [0.15, 0.2) is 0 Å². The van der Waals surface area contributed by atoms with Crippen LogP contribution in [0.1, 0.15) is 54.2 Å². The summed E-state index contributed by atoms with van der Waals surface area (Å²) in [5.41, 5.74) is 2.91. The number of carbonyl (C=O) groups is 3. The van der Waals surface area contributed by atoms with Crippen molar-refractivity contribution >= 4 is 41.0 Å². The van der Waals surface area contributed by atoms with Crippen molar-refractivity contribution in [2.24, 2.45) is 0 Å². The van der Waals surface area contributed by atoms with E-state index in [9.17, 15) is 24.8 Å².